The highest BCUT2D eigenvalue weighted by Gasteiger charge is 2.69. The molecule has 10 heteroatoms. The fraction of sp³-hybridized carbons (Fsp3) is 0.467. The van der Waals surface area contributed by atoms with Crippen LogP contribution >= 0.6 is 15.9 Å². The lowest BCUT2D eigenvalue weighted by atomic mass is 9.81. The van der Waals surface area contributed by atoms with E-state index < -0.39 is 35.9 Å². The van der Waals surface area contributed by atoms with Crippen molar-refractivity contribution in [1.82, 2.24) is 10.2 Å². The number of hydrogen-bond acceptors (Lipinski definition) is 4. The Hall–Kier alpha value is -1.81. The predicted molar refractivity (Wildman–Crippen MR) is 84.3 cm³/mol. The summed E-state index contributed by atoms with van der Waals surface area (Å²) >= 11 is 3.20. The number of carbonyl (C=O) groups excluding carboxylic acids is 2. The molecule has 0 bridgehead atoms. The zero-order valence-electron chi connectivity index (χ0n) is 13.3. The third-order valence-corrected chi connectivity index (χ3v) is 4.58. The second-order valence-corrected chi connectivity index (χ2v) is 6.41. The second-order valence-electron chi connectivity index (χ2n) is 5.49. The number of ether oxygens (including phenoxy) is 1. The Morgan fingerprint density at radius 2 is 1.96 bits per heavy atom. The number of aliphatic hydroxyl groups is 1. The molecular weight excluding hydrogens is 409 g/mol. The fourth-order valence-electron chi connectivity index (χ4n) is 2.75. The summed E-state index contributed by atoms with van der Waals surface area (Å²) in [4.78, 5) is 24.4. The van der Waals surface area contributed by atoms with Crippen LogP contribution in [0.15, 0.2) is 28.7 Å². The van der Waals surface area contributed by atoms with Gasteiger partial charge in [0.15, 0.2) is 0 Å². The molecular formula is C15H16BrF3N2O4. The van der Waals surface area contributed by atoms with E-state index in [1.54, 1.807) is 12.1 Å². The van der Waals surface area contributed by atoms with Gasteiger partial charge in [-0.15, -0.1) is 0 Å². The summed E-state index contributed by atoms with van der Waals surface area (Å²) in [6, 6.07) is 3.42. The van der Waals surface area contributed by atoms with Crippen LogP contribution in [0.2, 0.25) is 0 Å². The third-order valence-electron chi connectivity index (χ3n) is 4.05. The summed E-state index contributed by atoms with van der Waals surface area (Å²) in [5.41, 5.74) is -3.48. The van der Waals surface area contributed by atoms with Gasteiger partial charge in [-0.3, -0.25) is 9.69 Å². The van der Waals surface area contributed by atoms with E-state index in [4.69, 9.17) is 4.74 Å². The SMILES string of the molecule is CCOC(=O)[C@H]1[C@@H](c2ccc(Br)cc2)NC(=O)N(C)[C@]1(O)C(F)(F)F. The number of halogens is 4. The first-order valence-corrected chi connectivity index (χ1v) is 8.08. The summed E-state index contributed by atoms with van der Waals surface area (Å²) in [6.45, 7) is 1.26. The Balaban J connectivity index is 2.62. The minimum Gasteiger partial charge on any atom is -0.466 e. The standard InChI is InChI=1S/C15H16BrF3N2O4/c1-3-25-12(22)10-11(8-4-6-9(16)7-5-8)20-13(23)21(2)14(10,24)15(17,18)19/h4-7,10-11,24H,3H2,1-2H3,(H,20,23)/t10-,11-,14-/m1/s1. The lowest BCUT2D eigenvalue weighted by Gasteiger charge is -2.49. The van der Waals surface area contributed by atoms with Crippen molar-refractivity contribution in [3.8, 4) is 0 Å². The molecule has 3 atom stereocenters. The van der Waals surface area contributed by atoms with Crippen molar-refractivity contribution in [2.24, 2.45) is 5.92 Å². The first kappa shape index (κ1) is 19.5. The van der Waals surface area contributed by atoms with Gasteiger partial charge in [0, 0.05) is 11.5 Å². The van der Waals surface area contributed by atoms with Crippen LogP contribution in [-0.2, 0) is 9.53 Å². The molecule has 1 aliphatic rings. The van der Waals surface area contributed by atoms with Gasteiger partial charge in [0.05, 0.1) is 12.6 Å². The van der Waals surface area contributed by atoms with E-state index in [9.17, 15) is 27.9 Å². The maximum absolute atomic E-state index is 13.7. The number of urea groups is 1. The zero-order valence-corrected chi connectivity index (χ0v) is 14.9. The Labute approximate surface area is 150 Å². The molecule has 25 heavy (non-hydrogen) atoms. The lowest BCUT2D eigenvalue weighted by molar-refractivity contribution is -0.328. The minimum absolute atomic E-state index is 0.0734. The molecule has 1 aromatic rings. The Morgan fingerprint density at radius 3 is 2.44 bits per heavy atom. The van der Waals surface area contributed by atoms with Crippen LogP contribution in [0.5, 0.6) is 0 Å². The van der Waals surface area contributed by atoms with Crippen LogP contribution in [0.4, 0.5) is 18.0 Å². The number of amides is 2. The largest absolute Gasteiger partial charge is 0.466 e. The van der Waals surface area contributed by atoms with E-state index in [1.807, 2.05) is 0 Å². The maximum atomic E-state index is 13.7. The monoisotopic (exact) mass is 424 g/mol. The van der Waals surface area contributed by atoms with Crippen molar-refractivity contribution in [3.05, 3.63) is 34.3 Å². The number of nitrogens with one attached hydrogen (secondary N) is 1. The lowest BCUT2D eigenvalue weighted by Crippen LogP contribution is -2.73. The zero-order chi connectivity index (χ0) is 19.0. The Morgan fingerprint density at radius 1 is 1.40 bits per heavy atom. The van der Waals surface area contributed by atoms with Crippen molar-refractivity contribution in [3.63, 3.8) is 0 Å². The number of nitrogens with zero attached hydrogens (tertiary/aromatic N) is 1. The van der Waals surface area contributed by atoms with Crippen molar-refractivity contribution in [1.29, 1.82) is 0 Å². The van der Waals surface area contributed by atoms with Gasteiger partial charge in [-0.05, 0) is 24.6 Å². The number of hydrogen-bond donors (Lipinski definition) is 2. The predicted octanol–water partition coefficient (Wildman–Crippen LogP) is 2.58. The van der Waals surface area contributed by atoms with Crippen molar-refractivity contribution in [2.45, 2.75) is 24.9 Å². The molecule has 1 fully saturated rings. The summed E-state index contributed by atoms with van der Waals surface area (Å²) in [5, 5.41) is 12.7. The van der Waals surface area contributed by atoms with Gasteiger partial charge in [0.1, 0.15) is 5.92 Å². The minimum atomic E-state index is -5.27. The van der Waals surface area contributed by atoms with Crippen LogP contribution in [0, 0.1) is 5.92 Å². The van der Waals surface area contributed by atoms with Gasteiger partial charge in [-0.25, -0.2) is 4.79 Å². The molecule has 2 N–H and O–H groups in total. The molecule has 0 saturated carbocycles. The molecule has 1 heterocycles. The summed E-state index contributed by atoms with van der Waals surface area (Å²) in [6.07, 6.45) is -5.27. The quantitative estimate of drug-likeness (QED) is 0.730. The number of benzene rings is 1. The number of rotatable bonds is 3. The molecule has 1 aromatic carbocycles. The molecule has 1 saturated heterocycles. The van der Waals surface area contributed by atoms with Crippen LogP contribution in [0.1, 0.15) is 18.5 Å². The van der Waals surface area contributed by atoms with Crippen molar-refractivity contribution < 1.29 is 32.6 Å². The molecule has 2 amide bonds. The molecule has 138 valence electrons. The first-order chi connectivity index (χ1) is 11.5. The van der Waals surface area contributed by atoms with Gasteiger partial charge < -0.3 is 15.2 Å². The van der Waals surface area contributed by atoms with E-state index in [-0.39, 0.29) is 17.1 Å². The van der Waals surface area contributed by atoms with Gasteiger partial charge in [0.2, 0.25) is 0 Å². The van der Waals surface area contributed by atoms with Gasteiger partial charge >= 0.3 is 18.2 Å². The van der Waals surface area contributed by atoms with E-state index in [0.29, 0.717) is 4.47 Å². The van der Waals surface area contributed by atoms with Gasteiger partial charge in [-0.2, -0.15) is 13.2 Å². The number of esters is 1. The van der Waals surface area contributed by atoms with Crippen LogP contribution in [0.3, 0.4) is 0 Å². The van der Waals surface area contributed by atoms with Crippen LogP contribution in [0.25, 0.3) is 0 Å². The normalized spacial score (nSPS) is 27.0. The van der Waals surface area contributed by atoms with E-state index >= 15 is 0 Å². The summed E-state index contributed by atoms with van der Waals surface area (Å²) < 4.78 is 46.4. The summed E-state index contributed by atoms with van der Waals surface area (Å²) in [5.74, 6) is -3.36. The third kappa shape index (κ3) is 3.32. The molecule has 0 unspecified atom stereocenters. The fourth-order valence-corrected chi connectivity index (χ4v) is 3.02. The number of carbonyl (C=O) groups is 2. The topological polar surface area (TPSA) is 78.9 Å². The Bertz CT molecular complexity index is 668. The molecule has 1 aliphatic heterocycles. The van der Waals surface area contributed by atoms with E-state index in [1.165, 1.54) is 19.1 Å². The molecule has 0 aromatic heterocycles. The molecule has 0 radical (unpaired) electrons. The smallest absolute Gasteiger partial charge is 0.437 e. The number of alkyl halides is 3. The Kier molecular flexibility index (Phi) is 5.33. The van der Waals surface area contributed by atoms with Gasteiger partial charge in [-0.1, -0.05) is 28.1 Å². The van der Waals surface area contributed by atoms with E-state index in [2.05, 4.69) is 21.2 Å². The molecule has 0 aliphatic carbocycles. The van der Waals surface area contributed by atoms with Crippen molar-refractivity contribution >= 4 is 27.9 Å². The second kappa shape index (κ2) is 6.83. The highest BCUT2D eigenvalue weighted by molar-refractivity contribution is 9.10. The molecule has 6 nitrogen and oxygen atoms in total. The van der Waals surface area contributed by atoms with Crippen LogP contribution in [-0.4, -0.2) is 47.6 Å². The molecule has 0 spiro atoms. The summed E-state index contributed by atoms with van der Waals surface area (Å²) in [7, 11) is 0.771. The average Bonchev–Trinajstić information content (AvgIpc) is 2.52. The average molecular weight is 425 g/mol. The van der Waals surface area contributed by atoms with Crippen LogP contribution < -0.4 is 5.32 Å². The highest BCUT2D eigenvalue weighted by atomic mass is 79.9. The van der Waals surface area contributed by atoms with Crippen molar-refractivity contribution in [2.75, 3.05) is 13.7 Å². The first-order valence-electron chi connectivity index (χ1n) is 7.29. The maximum Gasteiger partial charge on any atom is 0.437 e. The van der Waals surface area contributed by atoms with E-state index in [0.717, 1.165) is 7.05 Å². The van der Waals surface area contributed by atoms with Gasteiger partial charge in [0.25, 0.3) is 5.72 Å². The molecule has 2 rings (SSSR count). The highest BCUT2D eigenvalue weighted by Crippen LogP contribution is 2.46.